The second-order valence-corrected chi connectivity index (χ2v) is 9.09. The third-order valence-corrected chi connectivity index (χ3v) is 6.44. The number of aromatic nitrogens is 1. The topological polar surface area (TPSA) is 128 Å². The Labute approximate surface area is 219 Å². The molecule has 1 aliphatic rings. The maximum absolute atomic E-state index is 12.5. The van der Waals surface area contributed by atoms with Crippen LogP contribution >= 0.6 is 11.3 Å². The second-order valence-electron chi connectivity index (χ2n) is 8.24. The van der Waals surface area contributed by atoms with Gasteiger partial charge in [0.2, 0.25) is 0 Å². The maximum Gasteiger partial charge on any atom is 0.407 e. The highest BCUT2D eigenvalue weighted by molar-refractivity contribution is 7.13. The van der Waals surface area contributed by atoms with E-state index in [1.54, 1.807) is 5.38 Å². The summed E-state index contributed by atoms with van der Waals surface area (Å²) in [6, 6.07) is 7.43. The van der Waals surface area contributed by atoms with E-state index in [9.17, 15) is 14.4 Å². The van der Waals surface area contributed by atoms with Crippen molar-refractivity contribution in [1.29, 1.82) is 0 Å². The molecule has 0 atom stereocenters. The van der Waals surface area contributed by atoms with Crippen LogP contribution in [0.4, 0.5) is 4.79 Å². The smallest absolute Gasteiger partial charge is 0.407 e. The van der Waals surface area contributed by atoms with Crippen molar-refractivity contribution in [1.82, 2.24) is 20.9 Å². The van der Waals surface area contributed by atoms with Gasteiger partial charge in [-0.15, -0.1) is 11.3 Å². The van der Waals surface area contributed by atoms with Gasteiger partial charge in [-0.05, 0) is 24.3 Å². The van der Waals surface area contributed by atoms with Crippen molar-refractivity contribution in [2.24, 2.45) is 5.92 Å². The zero-order chi connectivity index (χ0) is 26.8. The van der Waals surface area contributed by atoms with E-state index in [0.717, 1.165) is 24.0 Å². The fourth-order valence-corrected chi connectivity index (χ4v) is 4.08. The largest absolute Gasteiger partial charge is 0.495 e. The van der Waals surface area contributed by atoms with Crippen LogP contribution < -0.4 is 16.0 Å². The SMILES string of the molecule is C=C(NC(=O)C(=C)NC(=O)c1csc(-c2ccc(CNC(=O)OCC3CCOCC3)cc2)n1)C(=C)OC. The molecule has 1 saturated heterocycles. The van der Waals surface area contributed by atoms with E-state index in [-0.39, 0.29) is 22.8 Å². The molecule has 0 spiro atoms. The number of thiazole rings is 1. The molecule has 0 aliphatic carbocycles. The molecular formula is C26H30N4O6S. The molecule has 0 saturated carbocycles. The van der Waals surface area contributed by atoms with Crippen LogP contribution in [0.2, 0.25) is 0 Å². The number of carbonyl (C=O) groups is 3. The van der Waals surface area contributed by atoms with Crippen molar-refractivity contribution in [2.45, 2.75) is 19.4 Å². The van der Waals surface area contributed by atoms with Crippen molar-refractivity contribution in [3.63, 3.8) is 0 Å². The molecule has 0 radical (unpaired) electrons. The van der Waals surface area contributed by atoms with Gasteiger partial charge in [0.1, 0.15) is 16.5 Å². The molecule has 2 aromatic rings. The van der Waals surface area contributed by atoms with Crippen molar-refractivity contribution in [3.05, 3.63) is 77.8 Å². The first-order chi connectivity index (χ1) is 17.8. The van der Waals surface area contributed by atoms with E-state index in [2.05, 4.69) is 40.7 Å². The number of hydrogen-bond donors (Lipinski definition) is 3. The minimum atomic E-state index is -0.649. The second kappa shape index (κ2) is 13.4. The van der Waals surface area contributed by atoms with E-state index in [0.29, 0.717) is 37.3 Å². The summed E-state index contributed by atoms with van der Waals surface area (Å²) in [6.45, 7) is 12.9. The molecule has 0 unspecified atom stereocenters. The molecule has 0 bridgehead atoms. The first-order valence-corrected chi connectivity index (χ1v) is 12.4. The number of alkyl carbamates (subject to hydrolysis) is 1. The zero-order valence-corrected chi connectivity index (χ0v) is 21.4. The molecule has 2 heterocycles. The number of benzene rings is 1. The predicted molar refractivity (Wildman–Crippen MR) is 139 cm³/mol. The van der Waals surface area contributed by atoms with Crippen LogP contribution in [-0.2, 0) is 25.5 Å². The summed E-state index contributed by atoms with van der Waals surface area (Å²) in [5.74, 6) is -0.688. The summed E-state index contributed by atoms with van der Waals surface area (Å²) >= 11 is 1.29. The van der Waals surface area contributed by atoms with Crippen LogP contribution in [0.3, 0.4) is 0 Å². The normalized spacial score (nSPS) is 13.2. The van der Waals surface area contributed by atoms with Gasteiger partial charge in [-0.2, -0.15) is 0 Å². The summed E-state index contributed by atoms with van der Waals surface area (Å²) in [5, 5.41) is 9.82. The Morgan fingerprint density at radius 2 is 1.78 bits per heavy atom. The van der Waals surface area contributed by atoms with Crippen LogP contribution in [0.5, 0.6) is 0 Å². The predicted octanol–water partition coefficient (Wildman–Crippen LogP) is 3.50. The highest BCUT2D eigenvalue weighted by Crippen LogP contribution is 2.24. The number of ether oxygens (including phenoxy) is 3. The third-order valence-electron chi connectivity index (χ3n) is 5.55. The first kappa shape index (κ1) is 27.6. The van der Waals surface area contributed by atoms with Crippen LogP contribution in [-0.4, -0.2) is 49.8 Å². The van der Waals surface area contributed by atoms with Crippen molar-refractivity contribution in [3.8, 4) is 10.6 Å². The molecule has 3 amide bonds. The van der Waals surface area contributed by atoms with Crippen LogP contribution in [0.25, 0.3) is 10.6 Å². The van der Waals surface area contributed by atoms with E-state index in [1.807, 2.05) is 24.3 Å². The van der Waals surface area contributed by atoms with E-state index in [1.165, 1.54) is 18.4 Å². The van der Waals surface area contributed by atoms with Gasteiger partial charge in [0.25, 0.3) is 11.8 Å². The van der Waals surface area contributed by atoms with Gasteiger partial charge in [0.05, 0.1) is 25.1 Å². The van der Waals surface area contributed by atoms with Gasteiger partial charge in [0.15, 0.2) is 0 Å². The molecular weight excluding hydrogens is 496 g/mol. The van der Waals surface area contributed by atoms with Crippen molar-refractivity contribution >= 4 is 29.2 Å². The fraction of sp³-hybridized carbons (Fsp3) is 0.308. The Morgan fingerprint density at radius 3 is 2.46 bits per heavy atom. The number of rotatable bonds is 11. The number of carbonyl (C=O) groups excluding carboxylic acids is 3. The Bertz CT molecular complexity index is 1170. The fourth-order valence-electron chi connectivity index (χ4n) is 3.27. The van der Waals surface area contributed by atoms with Crippen LogP contribution in [0.15, 0.2) is 66.5 Å². The number of hydrogen-bond acceptors (Lipinski definition) is 8. The minimum Gasteiger partial charge on any atom is -0.495 e. The Kier molecular flexibility index (Phi) is 9.99. The highest BCUT2D eigenvalue weighted by Gasteiger charge is 2.18. The molecule has 1 aromatic carbocycles. The molecule has 37 heavy (non-hydrogen) atoms. The standard InChI is InChI=1S/C26H30N4O6S/c1-16(18(3)34-4)28-23(31)17(2)29-24(32)22-15-37-25(30-22)21-7-5-19(6-8-21)13-27-26(33)36-14-20-9-11-35-12-10-20/h5-8,15,20H,1-3,9-14H2,4H3,(H,27,33)(H,28,31)(H,29,32). The molecule has 10 nitrogen and oxygen atoms in total. The number of nitrogens with one attached hydrogen (secondary N) is 3. The van der Waals surface area contributed by atoms with Gasteiger partial charge < -0.3 is 30.2 Å². The first-order valence-electron chi connectivity index (χ1n) is 11.5. The van der Waals surface area contributed by atoms with E-state index < -0.39 is 17.9 Å². The van der Waals surface area contributed by atoms with Gasteiger partial charge in [-0.3, -0.25) is 9.59 Å². The molecule has 1 fully saturated rings. The maximum atomic E-state index is 12.5. The van der Waals surface area contributed by atoms with E-state index in [4.69, 9.17) is 14.2 Å². The van der Waals surface area contributed by atoms with Gasteiger partial charge in [-0.25, -0.2) is 9.78 Å². The minimum absolute atomic E-state index is 0.145. The van der Waals surface area contributed by atoms with Crippen molar-refractivity contribution in [2.75, 3.05) is 26.9 Å². The Balaban J connectivity index is 1.47. The van der Waals surface area contributed by atoms with Gasteiger partial charge in [-0.1, -0.05) is 44.0 Å². The lowest BCUT2D eigenvalue weighted by molar-refractivity contribution is -0.117. The Morgan fingerprint density at radius 1 is 1.08 bits per heavy atom. The number of methoxy groups -OCH3 is 1. The lowest BCUT2D eigenvalue weighted by atomic mass is 10.0. The monoisotopic (exact) mass is 526 g/mol. The third kappa shape index (κ3) is 8.29. The van der Waals surface area contributed by atoms with E-state index >= 15 is 0 Å². The number of nitrogens with zero attached hydrogens (tertiary/aromatic N) is 1. The summed E-state index contributed by atoms with van der Waals surface area (Å²) in [5.41, 5.74) is 1.83. The number of amides is 3. The summed E-state index contributed by atoms with van der Waals surface area (Å²) in [6.07, 6.45) is 1.36. The lowest BCUT2D eigenvalue weighted by Crippen LogP contribution is -2.34. The molecule has 3 rings (SSSR count). The quantitative estimate of drug-likeness (QED) is 0.232. The molecule has 1 aliphatic heterocycles. The molecule has 1 aromatic heterocycles. The zero-order valence-electron chi connectivity index (χ0n) is 20.6. The van der Waals surface area contributed by atoms with Crippen LogP contribution in [0.1, 0.15) is 28.9 Å². The Hall–Kier alpha value is -3.96. The van der Waals surface area contributed by atoms with Gasteiger partial charge >= 0.3 is 6.09 Å². The van der Waals surface area contributed by atoms with Crippen molar-refractivity contribution < 1.29 is 28.6 Å². The molecule has 3 N–H and O–H groups in total. The average Bonchev–Trinajstić information content (AvgIpc) is 3.41. The average molecular weight is 527 g/mol. The summed E-state index contributed by atoms with van der Waals surface area (Å²) in [4.78, 5) is 41.0. The summed E-state index contributed by atoms with van der Waals surface area (Å²) < 4.78 is 15.5. The lowest BCUT2D eigenvalue weighted by Gasteiger charge is -2.21. The highest BCUT2D eigenvalue weighted by atomic mass is 32.1. The summed E-state index contributed by atoms with van der Waals surface area (Å²) in [7, 11) is 1.40. The molecule has 196 valence electrons. The van der Waals surface area contributed by atoms with Gasteiger partial charge in [0, 0.05) is 30.7 Å². The molecule has 11 heteroatoms. The van der Waals surface area contributed by atoms with Crippen LogP contribution in [0, 0.1) is 5.92 Å².